The quantitative estimate of drug-likeness (QED) is 0.724. The molecule has 6 heteroatoms. The van der Waals surface area contributed by atoms with Gasteiger partial charge in [0.1, 0.15) is 30.8 Å². The van der Waals surface area contributed by atoms with E-state index >= 15 is 0 Å². The predicted octanol–water partition coefficient (Wildman–Crippen LogP) is 3.55. The number of aryl methyl sites for hydroxylation is 2. The van der Waals surface area contributed by atoms with Gasteiger partial charge in [-0.15, -0.1) is 11.8 Å². The number of benzene rings is 2. The summed E-state index contributed by atoms with van der Waals surface area (Å²) in [7, 11) is 0. The van der Waals surface area contributed by atoms with E-state index in [1.54, 1.807) is 11.8 Å². The average Bonchev–Trinajstić information content (AvgIpc) is 3.11. The zero-order valence-electron chi connectivity index (χ0n) is 14.9. The summed E-state index contributed by atoms with van der Waals surface area (Å²) in [6.07, 6.45) is 0. The number of thioether (sulfide) groups is 1. The third kappa shape index (κ3) is 4.51. The zero-order chi connectivity index (χ0) is 18.5. The maximum atomic E-state index is 11.1. The molecule has 1 fully saturated rings. The second kappa shape index (κ2) is 8.47. The molecule has 5 nitrogen and oxygen atoms in total. The highest BCUT2D eigenvalue weighted by molar-refractivity contribution is 7.99. The van der Waals surface area contributed by atoms with Crippen molar-refractivity contribution in [1.29, 1.82) is 0 Å². The third-order valence-electron chi connectivity index (χ3n) is 4.25. The standard InChI is InChI=1S/C20H23NO4S/c1-13-5-3-6-14(2)18(13)25-10-9-24-16-8-4-7-15(11-16)19-21-17(12-26-19)20(22)23/h3-8,11,17,19,21H,9-10,12H2,1-2H3,(H,22,23). The Morgan fingerprint density at radius 3 is 2.54 bits per heavy atom. The van der Waals surface area contributed by atoms with Gasteiger partial charge in [-0.3, -0.25) is 10.1 Å². The monoisotopic (exact) mass is 373 g/mol. The molecule has 0 aliphatic carbocycles. The minimum Gasteiger partial charge on any atom is -0.490 e. The Morgan fingerprint density at radius 2 is 1.85 bits per heavy atom. The molecule has 0 saturated carbocycles. The van der Waals surface area contributed by atoms with E-state index in [-0.39, 0.29) is 5.37 Å². The van der Waals surface area contributed by atoms with Crippen molar-refractivity contribution >= 4 is 17.7 Å². The lowest BCUT2D eigenvalue weighted by Crippen LogP contribution is -2.33. The number of para-hydroxylation sites is 1. The van der Waals surface area contributed by atoms with Crippen LogP contribution in [0, 0.1) is 13.8 Å². The van der Waals surface area contributed by atoms with E-state index in [0.29, 0.717) is 19.0 Å². The highest BCUT2D eigenvalue weighted by Crippen LogP contribution is 2.34. The van der Waals surface area contributed by atoms with E-state index in [1.165, 1.54) is 0 Å². The lowest BCUT2D eigenvalue weighted by atomic mass is 10.1. The molecular formula is C20H23NO4S. The molecule has 0 spiro atoms. The van der Waals surface area contributed by atoms with Crippen LogP contribution in [0.25, 0.3) is 0 Å². The summed E-state index contributed by atoms with van der Waals surface area (Å²) in [4.78, 5) is 11.1. The van der Waals surface area contributed by atoms with Gasteiger partial charge in [0.2, 0.25) is 0 Å². The van der Waals surface area contributed by atoms with Gasteiger partial charge in [-0.2, -0.15) is 0 Å². The number of nitrogens with one attached hydrogen (secondary N) is 1. The van der Waals surface area contributed by atoms with Gasteiger partial charge in [0.15, 0.2) is 0 Å². The lowest BCUT2D eigenvalue weighted by molar-refractivity contribution is -0.138. The molecule has 2 aromatic carbocycles. The normalized spacial score (nSPS) is 19.3. The number of rotatable bonds is 7. The Hall–Kier alpha value is -2.18. The second-order valence-electron chi connectivity index (χ2n) is 6.26. The molecule has 0 amide bonds. The predicted molar refractivity (Wildman–Crippen MR) is 103 cm³/mol. The van der Waals surface area contributed by atoms with Crippen LogP contribution in [-0.4, -0.2) is 36.1 Å². The number of ether oxygens (including phenoxy) is 2. The molecule has 2 atom stereocenters. The smallest absolute Gasteiger partial charge is 0.321 e. The molecule has 26 heavy (non-hydrogen) atoms. The average molecular weight is 373 g/mol. The number of hydrogen-bond donors (Lipinski definition) is 2. The van der Waals surface area contributed by atoms with Crippen molar-refractivity contribution in [3.8, 4) is 11.5 Å². The van der Waals surface area contributed by atoms with Crippen LogP contribution in [0.5, 0.6) is 11.5 Å². The highest BCUT2D eigenvalue weighted by Gasteiger charge is 2.30. The van der Waals surface area contributed by atoms with E-state index in [0.717, 1.165) is 28.2 Å². The van der Waals surface area contributed by atoms with Crippen molar-refractivity contribution in [2.24, 2.45) is 0 Å². The summed E-state index contributed by atoms with van der Waals surface area (Å²) in [5.74, 6) is 1.43. The van der Waals surface area contributed by atoms with Crippen molar-refractivity contribution in [3.05, 3.63) is 59.2 Å². The third-order valence-corrected chi connectivity index (χ3v) is 5.52. The van der Waals surface area contributed by atoms with E-state index in [4.69, 9.17) is 14.6 Å². The largest absolute Gasteiger partial charge is 0.490 e. The van der Waals surface area contributed by atoms with Gasteiger partial charge in [0.05, 0.1) is 5.37 Å². The minimum atomic E-state index is -0.809. The Bertz CT molecular complexity index is 760. The molecule has 0 radical (unpaired) electrons. The highest BCUT2D eigenvalue weighted by atomic mass is 32.2. The second-order valence-corrected chi connectivity index (χ2v) is 7.40. The SMILES string of the molecule is Cc1cccc(C)c1OCCOc1cccc(C2NC(C(=O)O)CS2)c1. The number of carboxylic acid groups (broad SMARTS) is 1. The Balaban J connectivity index is 1.52. The first kappa shape index (κ1) is 18.6. The van der Waals surface area contributed by atoms with E-state index < -0.39 is 12.0 Å². The van der Waals surface area contributed by atoms with Crippen molar-refractivity contribution < 1.29 is 19.4 Å². The molecule has 2 aromatic rings. The maximum absolute atomic E-state index is 11.1. The summed E-state index contributed by atoms with van der Waals surface area (Å²) in [5, 5.41) is 12.2. The number of carbonyl (C=O) groups is 1. The van der Waals surface area contributed by atoms with Crippen LogP contribution < -0.4 is 14.8 Å². The molecule has 1 aliphatic heterocycles. The van der Waals surface area contributed by atoms with Crippen molar-refractivity contribution in [3.63, 3.8) is 0 Å². The minimum absolute atomic E-state index is 0.0227. The number of carboxylic acids is 1. The summed E-state index contributed by atoms with van der Waals surface area (Å²) < 4.78 is 11.7. The first-order valence-corrected chi connectivity index (χ1v) is 9.61. The van der Waals surface area contributed by atoms with Crippen molar-refractivity contribution in [2.45, 2.75) is 25.3 Å². The maximum Gasteiger partial charge on any atom is 0.321 e. The van der Waals surface area contributed by atoms with Gasteiger partial charge in [0, 0.05) is 5.75 Å². The van der Waals surface area contributed by atoms with Gasteiger partial charge in [-0.05, 0) is 42.7 Å². The number of hydrogen-bond acceptors (Lipinski definition) is 5. The van der Waals surface area contributed by atoms with Gasteiger partial charge in [0.25, 0.3) is 0 Å². The first-order valence-electron chi connectivity index (χ1n) is 8.57. The van der Waals surface area contributed by atoms with Crippen LogP contribution in [0.1, 0.15) is 22.1 Å². The van der Waals surface area contributed by atoms with Crippen molar-refractivity contribution in [1.82, 2.24) is 5.32 Å². The lowest BCUT2D eigenvalue weighted by Gasteiger charge is -2.14. The molecule has 0 bridgehead atoms. The van der Waals surface area contributed by atoms with Crippen LogP contribution in [0.4, 0.5) is 0 Å². The fourth-order valence-electron chi connectivity index (χ4n) is 2.90. The van der Waals surface area contributed by atoms with Gasteiger partial charge >= 0.3 is 5.97 Å². The molecule has 138 valence electrons. The van der Waals surface area contributed by atoms with Crippen LogP contribution in [0.2, 0.25) is 0 Å². The van der Waals surface area contributed by atoms with Crippen LogP contribution in [0.3, 0.4) is 0 Å². The van der Waals surface area contributed by atoms with Gasteiger partial charge in [-0.1, -0.05) is 30.3 Å². The Kier molecular flexibility index (Phi) is 6.06. The fraction of sp³-hybridized carbons (Fsp3) is 0.350. The summed E-state index contributed by atoms with van der Waals surface area (Å²) in [5.41, 5.74) is 3.25. The summed E-state index contributed by atoms with van der Waals surface area (Å²) >= 11 is 1.60. The molecule has 0 aromatic heterocycles. The molecule has 2 N–H and O–H groups in total. The van der Waals surface area contributed by atoms with E-state index in [9.17, 15) is 4.79 Å². The summed E-state index contributed by atoms with van der Waals surface area (Å²) in [6.45, 7) is 4.97. The molecule has 1 aliphatic rings. The van der Waals surface area contributed by atoms with E-state index in [2.05, 4.69) is 5.32 Å². The first-order chi connectivity index (χ1) is 12.5. The van der Waals surface area contributed by atoms with Gasteiger partial charge < -0.3 is 14.6 Å². The molecule has 2 unspecified atom stereocenters. The zero-order valence-corrected chi connectivity index (χ0v) is 15.7. The molecule has 1 saturated heterocycles. The molecule has 3 rings (SSSR count). The molecular weight excluding hydrogens is 350 g/mol. The van der Waals surface area contributed by atoms with Crippen LogP contribution in [0.15, 0.2) is 42.5 Å². The Morgan fingerprint density at radius 1 is 1.15 bits per heavy atom. The molecule has 1 heterocycles. The van der Waals surface area contributed by atoms with E-state index in [1.807, 2.05) is 56.3 Å². The van der Waals surface area contributed by atoms with Crippen molar-refractivity contribution in [2.75, 3.05) is 19.0 Å². The van der Waals surface area contributed by atoms with Crippen LogP contribution >= 0.6 is 11.8 Å². The summed E-state index contributed by atoms with van der Waals surface area (Å²) in [6, 6.07) is 13.3. The number of aliphatic carboxylic acids is 1. The van der Waals surface area contributed by atoms with Gasteiger partial charge in [-0.25, -0.2) is 0 Å². The fourth-order valence-corrected chi connectivity index (χ4v) is 4.13. The Labute approximate surface area is 157 Å². The topological polar surface area (TPSA) is 67.8 Å². The van der Waals surface area contributed by atoms with Crippen LogP contribution in [-0.2, 0) is 4.79 Å².